The molecule has 0 bridgehead atoms. The van der Waals surface area contributed by atoms with E-state index < -0.39 is 0 Å². The van der Waals surface area contributed by atoms with Crippen LogP contribution >= 0.6 is 28.1 Å². The maximum absolute atomic E-state index is 5.77. The zero-order chi connectivity index (χ0) is 14.6. The molecule has 0 aliphatic heterocycles. The highest BCUT2D eigenvalue weighted by Gasteiger charge is 2.17. The van der Waals surface area contributed by atoms with Crippen LogP contribution in [0.1, 0.15) is 33.3 Å². The fourth-order valence-corrected chi connectivity index (χ4v) is 2.89. The lowest BCUT2D eigenvalue weighted by Crippen LogP contribution is -2.25. The van der Waals surface area contributed by atoms with Crippen molar-refractivity contribution in [1.29, 1.82) is 0 Å². The predicted molar refractivity (Wildman–Crippen MR) is 91.7 cm³/mol. The van der Waals surface area contributed by atoms with Gasteiger partial charge in [0.2, 0.25) is 0 Å². The maximum Gasteiger partial charge on any atom is 0.106 e. The zero-order valence-corrected chi connectivity index (χ0v) is 14.4. The highest BCUT2D eigenvalue weighted by atomic mass is 79.9. The molecule has 0 amide bonds. The Hall–Kier alpha value is -0.610. The molecule has 106 valence electrons. The standard InChI is InChI=1S/C15H23BrN2S/c1-9(2)13(10(3)4)8-18-14-7-11(16)5-6-12(14)15(17)19/h5-7,9-10,13,18H,8H2,1-4H3,(H2,17,19). The number of hydrogen-bond acceptors (Lipinski definition) is 2. The Labute approximate surface area is 130 Å². The minimum absolute atomic E-state index is 0.431. The summed E-state index contributed by atoms with van der Waals surface area (Å²) in [7, 11) is 0. The van der Waals surface area contributed by atoms with Gasteiger partial charge in [-0.25, -0.2) is 0 Å². The number of halogens is 1. The number of thiocarbonyl (C=S) groups is 1. The van der Waals surface area contributed by atoms with Crippen LogP contribution in [0.25, 0.3) is 0 Å². The molecule has 0 radical (unpaired) electrons. The molecular weight excluding hydrogens is 320 g/mol. The number of rotatable bonds is 6. The molecule has 0 saturated heterocycles. The Morgan fingerprint density at radius 2 is 1.84 bits per heavy atom. The third-order valence-electron chi connectivity index (χ3n) is 3.49. The maximum atomic E-state index is 5.77. The Balaban J connectivity index is 2.87. The lowest BCUT2D eigenvalue weighted by Gasteiger charge is -2.26. The van der Waals surface area contributed by atoms with Crippen molar-refractivity contribution >= 4 is 38.8 Å². The molecule has 0 saturated carbocycles. The fourth-order valence-electron chi connectivity index (χ4n) is 2.35. The molecule has 0 spiro atoms. The monoisotopic (exact) mass is 342 g/mol. The number of hydrogen-bond donors (Lipinski definition) is 2. The van der Waals surface area contributed by atoms with E-state index in [-0.39, 0.29) is 0 Å². The van der Waals surface area contributed by atoms with Crippen molar-refractivity contribution in [2.75, 3.05) is 11.9 Å². The van der Waals surface area contributed by atoms with Crippen LogP contribution in [0.15, 0.2) is 22.7 Å². The smallest absolute Gasteiger partial charge is 0.106 e. The van der Waals surface area contributed by atoms with E-state index in [9.17, 15) is 0 Å². The van der Waals surface area contributed by atoms with Crippen LogP contribution in [0.2, 0.25) is 0 Å². The summed E-state index contributed by atoms with van der Waals surface area (Å²) in [5.74, 6) is 1.92. The molecule has 1 aromatic carbocycles. The predicted octanol–water partition coefficient (Wildman–Crippen LogP) is 4.42. The average Bonchev–Trinajstić information content (AvgIpc) is 2.27. The molecular formula is C15H23BrN2S. The summed E-state index contributed by atoms with van der Waals surface area (Å²) >= 11 is 8.58. The van der Waals surface area contributed by atoms with E-state index in [1.165, 1.54) is 0 Å². The fraction of sp³-hybridized carbons (Fsp3) is 0.533. The molecule has 0 heterocycles. The molecule has 0 unspecified atom stereocenters. The van der Waals surface area contributed by atoms with Gasteiger partial charge < -0.3 is 11.1 Å². The third kappa shape index (κ3) is 4.77. The van der Waals surface area contributed by atoms with Gasteiger partial charge in [-0.15, -0.1) is 0 Å². The van der Waals surface area contributed by atoms with Crippen LogP contribution in [-0.4, -0.2) is 11.5 Å². The van der Waals surface area contributed by atoms with Crippen LogP contribution in [-0.2, 0) is 0 Å². The van der Waals surface area contributed by atoms with Crippen molar-refractivity contribution in [3.8, 4) is 0 Å². The quantitative estimate of drug-likeness (QED) is 0.751. The van der Waals surface area contributed by atoms with Crippen LogP contribution in [0, 0.1) is 17.8 Å². The highest BCUT2D eigenvalue weighted by molar-refractivity contribution is 9.10. The lowest BCUT2D eigenvalue weighted by molar-refractivity contribution is 0.304. The van der Waals surface area contributed by atoms with Crippen molar-refractivity contribution in [3.05, 3.63) is 28.2 Å². The normalized spacial score (nSPS) is 11.4. The number of benzene rings is 1. The van der Waals surface area contributed by atoms with Crippen LogP contribution in [0.4, 0.5) is 5.69 Å². The molecule has 0 fully saturated rings. The van der Waals surface area contributed by atoms with Gasteiger partial charge in [0.05, 0.1) is 0 Å². The first-order chi connectivity index (χ1) is 8.82. The molecule has 19 heavy (non-hydrogen) atoms. The van der Waals surface area contributed by atoms with E-state index in [4.69, 9.17) is 18.0 Å². The molecule has 0 aliphatic rings. The Bertz CT molecular complexity index is 436. The topological polar surface area (TPSA) is 38.0 Å². The first-order valence-electron chi connectivity index (χ1n) is 6.66. The number of anilines is 1. The highest BCUT2D eigenvalue weighted by Crippen LogP contribution is 2.25. The van der Waals surface area contributed by atoms with E-state index in [1.54, 1.807) is 0 Å². The van der Waals surface area contributed by atoms with E-state index in [2.05, 4.69) is 48.9 Å². The van der Waals surface area contributed by atoms with E-state index in [0.717, 1.165) is 22.3 Å². The summed E-state index contributed by atoms with van der Waals surface area (Å²) in [6, 6.07) is 5.95. The van der Waals surface area contributed by atoms with Crippen molar-refractivity contribution in [2.45, 2.75) is 27.7 Å². The average molecular weight is 343 g/mol. The summed E-state index contributed by atoms with van der Waals surface area (Å²) in [5, 5.41) is 3.50. The van der Waals surface area contributed by atoms with Gasteiger partial charge in [0, 0.05) is 22.3 Å². The van der Waals surface area contributed by atoms with Gasteiger partial charge in [-0.05, 0) is 36.0 Å². The minimum Gasteiger partial charge on any atom is -0.389 e. The largest absolute Gasteiger partial charge is 0.389 e. The SMILES string of the molecule is CC(C)C(CNc1cc(Br)ccc1C(N)=S)C(C)C. The summed E-state index contributed by atoms with van der Waals surface area (Å²) < 4.78 is 1.03. The summed E-state index contributed by atoms with van der Waals surface area (Å²) in [6.07, 6.45) is 0. The Kier molecular flexibility index (Phi) is 6.27. The second kappa shape index (κ2) is 7.25. The molecule has 2 nitrogen and oxygen atoms in total. The first kappa shape index (κ1) is 16.4. The van der Waals surface area contributed by atoms with E-state index in [1.807, 2.05) is 18.2 Å². The molecule has 0 aliphatic carbocycles. The van der Waals surface area contributed by atoms with Gasteiger partial charge in [-0.2, -0.15) is 0 Å². The third-order valence-corrected chi connectivity index (χ3v) is 4.20. The van der Waals surface area contributed by atoms with Crippen molar-refractivity contribution < 1.29 is 0 Å². The summed E-state index contributed by atoms with van der Waals surface area (Å²) in [5.41, 5.74) is 7.68. The molecule has 4 heteroatoms. The minimum atomic E-state index is 0.431. The molecule has 1 rings (SSSR count). The molecule has 0 atom stereocenters. The second-order valence-electron chi connectivity index (χ2n) is 5.59. The van der Waals surface area contributed by atoms with Crippen molar-refractivity contribution in [2.24, 2.45) is 23.5 Å². The van der Waals surface area contributed by atoms with E-state index >= 15 is 0 Å². The van der Waals surface area contributed by atoms with Crippen molar-refractivity contribution in [3.63, 3.8) is 0 Å². The first-order valence-corrected chi connectivity index (χ1v) is 7.86. The van der Waals surface area contributed by atoms with Gasteiger partial charge in [0.1, 0.15) is 4.99 Å². The van der Waals surface area contributed by atoms with Gasteiger partial charge in [-0.1, -0.05) is 55.8 Å². The molecule has 1 aromatic rings. The van der Waals surface area contributed by atoms with Crippen LogP contribution < -0.4 is 11.1 Å². The molecule has 0 aromatic heterocycles. The zero-order valence-electron chi connectivity index (χ0n) is 12.0. The van der Waals surface area contributed by atoms with Gasteiger partial charge in [0.15, 0.2) is 0 Å². The van der Waals surface area contributed by atoms with Crippen LogP contribution in [0.3, 0.4) is 0 Å². The Morgan fingerprint density at radius 3 is 2.32 bits per heavy atom. The second-order valence-corrected chi connectivity index (χ2v) is 6.94. The van der Waals surface area contributed by atoms with E-state index in [0.29, 0.717) is 22.7 Å². The Morgan fingerprint density at radius 1 is 1.26 bits per heavy atom. The van der Waals surface area contributed by atoms with Gasteiger partial charge in [-0.3, -0.25) is 0 Å². The lowest BCUT2D eigenvalue weighted by atomic mass is 9.85. The summed E-state index contributed by atoms with van der Waals surface area (Å²) in [4.78, 5) is 0.431. The molecule has 3 N–H and O–H groups in total. The number of nitrogens with two attached hydrogens (primary N) is 1. The van der Waals surface area contributed by atoms with Crippen molar-refractivity contribution in [1.82, 2.24) is 0 Å². The number of nitrogens with one attached hydrogen (secondary N) is 1. The van der Waals surface area contributed by atoms with Gasteiger partial charge in [0.25, 0.3) is 0 Å². The summed E-state index contributed by atoms with van der Waals surface area (Å²) in [6.45, 7) is 9.99. The van der Waals surface area contributed by atoms with Crippen LogP contribution in [0.5, 0.6) is 0 Å². The van der Waals surface area contributed by atoms with Gasteiger partial charge >= 0.3 is 0 Å².